The van der Waals surface area contributed by atoms with Crippen LogP contribution in [0.4, 0.5) is 5.82 Å². The number of aliphatic hydroxyl groups is 1. The number of benzene rings is 2. The average molecular weight is 415 g/mol. The highest BCUT2D eigenvalue weighted by Gasteiger charge is 2.20. The standard InChI is InChI=1S/C23H21N5O3/c29-14-20(23(31)26-21-12-19(27-28-21)15-6-2-1-3-7-15)25-22(30)11-10-16-13-24-18-9-5-4-8-17(16)18/h1-13,20,24,29H,14H2,(H,25,30)(H2,26,27,28,31). The molecule has 0 aliphatic carbocycles. The van der Waals surface area contributed by atoms with E-state index in [9.17, 15) is 14.7 Å². The topological polar surface area (TPSA) is 123 Å². The molecule has 0 aliphatic heterocycles. The van der Waals surface area contributed by atoms with Gasteiger partial charge in [0.05, 0.1) is 12.3 Å². The van der Waals surface area contributed by atoms with E-state index in [4.69, 9.17) is 0 Å². The van der Waals surface area contributed by atoms with E-state index in [0.29, 0.717) is 5.82 Å². The van der Waals surface area contributed by atoms with Crippen LogP contribution in [0.25, 0.3) is 28.2 Å². The Morgan fingerprint density at radius 1 is 1.10 bits per heavy atom. The van der Waals surface area contributed by atoms with E-state index in [2.05, 4.69) is 25.8 Å². The van der Waals surface area contributed by atoms with Crippen molar-refractivity contribution in [1.29, 1.82) is 0 Å². The Kier molecular flexibility index (Phi) is 5.91. The summed E-state index contributed by atoms with van der Waals surface area (Å²) in [6.45, 7) is -0.547. The average Bonchev–Trinajstić information content (AvgIpc) is 3.43. The van der Waals surface area contributed by atoms with Crippen LogP contribution < -0.4 is 10.6 Å². The number of aromatic nitrogens is 3. The molecule has 2 aromatic heterocycles. The minimum atomic E-state index is -1.11. The number of fused-ring (bicyclic) bond motifs is 1. The molecule has 1 unspecified atom stereocenters. The SMILES string of the molecule is O=C(C=Cc1c[nH]c2ccccc12)NC(CO)C(=O)Nc1cc(-c2ccccc2)[nH]n1. The van der Waals surface area contributed by atoms with Crippen LogP contribution in [-0.2, 0) is 9.59 Å². The quantitative estimate of drug-likeness (QED) is 0.298. The zero-order chi connectivity index (χ0) is 21.6. The Balaban J connectivity index is 1.37. The second-order valence-corrected chi connectivity index (χ2v) is 6.89. The fraction of sp³-hybridized carbons (Fsp3) is 0.0870. The summed E-state index contributed by atoms with van der Waals surface area (Å²) < 4.78 is 0. The van der Waals surface area contributed by atoms with Gasteiger partial charge < -0.3 is 20.7 Å². The van der Waals surface area contributed by atoms with Crippen LogP contribution in [0.15, 0.2) is 72.9 Å². The van der Waals surface area contributed by atoms with Crippen LogP contribution in [-0.4, -0.2) is 44.8 Å². The summed E-state index contributed by atoms with van der Waals surface area (Å²) in [6.07, 6.45) is 4.78. The van der Waals surface area contributed by atoms with Gasteiger partial charge in [0.15, 0.2) is 5.82 Å². The third-order valence-corrected chi connectivity index (χ3v) is 4.76. The Morgan fingerprint density at radius 3 is 2.68 bits per heavy atom. The molecule has 4 rings (SSSR count). The summed E-state index contributed by atoms with van der Waals surface area (Å²) in [5.74, 6) is -0.764. The maximum Gasteiger partial charge on any atom is 0.250 e. The first-order chi connectivity index (χ1) is 15.1. The van der Waals surface area contributed by atoms with Gasteiger partial charge in [0, 0.05) is 29.2 Å². The van der Waals surface area contributed by atoms with Gasteiger partial charge in [0.1, 0.15) is 6.04 Å². The molecule has 0 fully saturated rings. The van der Waals surface area contributed by atoms with Gasteiger partial charge in [0.2, 0.25) is 5.91 Å². The van der Waals surface area contributed by atoms with Crippen molar-refractivity contribution in [3.05, 3.63) is 78.5 Å². The molecule has 8 heteroatoms. The van der Waals surface area contributed by atoms with Crippen molar-refractivity contribution in [2.45, 2.75) is 6.04 Å². The number of aromatic amines is 2. The highest BCUT2D eigenvalue weighted by molar-refractivity contribution is 6.01. The van der Waals surface area contributed by atoms with Crippen LogP contribution in [0.1, 0.15) is 5.56 Å². The first-order valence-electron chi connectivity index (χ1n) is 9.71. The van der Waals surface area contributed by atoms with Crippen molar-refractivity contribution >= 4 is 34.6 Å². The molecule has 0 spiro atoms. The summed E-state index contributed by atoms with van der Waals surface area (Å²) in [4.78, 5) is 27.9. The lowest BCUT2D eigenvalue weighted by Crippen LogP contribution is -2.45. The number of hydrogen-bond acceptors (Lipinski definition) is 4. The molecule has 2 amide bonds. The fourth-order valence-electron chi connectivity index (χ4n) is 3.18. The van der Waals surface area contributed by atoms with Crippen LogP contribution in [0.5, 0.6) is 0 Å². The predicted molar refractivity (Wildman–Crippen MR) is 119 cm³/mol. The van der Waals surface area contributed by atoms with Crippen molar-refractivity contribution in [2.24, 2.45) is 0 Å². The Morgan fingerprint density at radius 2 is 1.87 bits per heavy atom. The molecule has 5 N–H and O–H groups in total. The van der Waals surface area contributed by atoms with E-state index in [1.807, 2.05) is 54.6 Å². The monoisotopic (exact) mass is 415 g/mol. The number of carbonyl (C=O) groups is 2. The van der Waals surface area contributed by atoms with Gasteiger partial charge in [-0.25, -0.2) is 0 Å². The number of hydrogen-bond donors (Lipinski definition) is 5. The molecular weight excluding hydrogens is 394 g/mol. The molecule has 1 atom stereocenters. The molecule has 8 nitrogen and oxygen atoms in total. The number of rotatable bonds is 7. The van der Waals surface area contributed by atoms with Gasteiger partial charge in [-0.3, -0.25) is 14.7 Å². The van der Waals surface area contributed by atoms with Crippen LogP contribution in [0, 0.1) is 0 Å². The maximum atomic E-state index is 12.5. The van der Waals surface area contributed by atoms with Crippen molar-refractivity contribution in [1.82, 2.24) is 20.5 Å². The summed E-state index contributed by atoms with van der Waals surface area (Å²) in [5.41, 5.74) is 3.47. The van der Waals surface area contributed by atoms with Gasteiger partial charge >= 0.3 is 0 Å². The van der Waals surface area contributed by atoms with Crippen LogP contribution in [0.3, 0.4) is 0 Å². The molecule has 2 heterocycles. The number of amides is 2. The molecular formula is C23H21N5O3. The van der Waals surface area contributed by atoms with E-state index in [1.165, 1.54) is 6.08 Å². The molecule has 31 heavy (non-hydrogen) atoms. The largest absolute Gasteiger partial charge is 0.394 e. The Hall–Kier alpha value is -4.17. The lowest BCUT2D eigenvalue weighted by molar-refractivity contribution is -0.124. The number of nitrogens with zero attached hydrogens (tertiary/aromatic N) is 1. The van der Waals surface area contributed by atoms with Gasteiger partial charge in [0.25, 0.3) is 5.91 Å². The molecule has 0 saturated heterocycles. The highest BCUT2D eigenvalue weighted by atomic mass is 16.3. The lowest BCUT2D eigenvalue weighted by atomic mass is 10.1. The zero-order valence-electron chi connectivity index (χ0n) is 16.5. The minimum absolute atomic E-state index is 0.297. The third-order valence-electron chi connectivity index (χ3n) is 4.76. The smallest absolute Gasteiger partial charge is 0.250 e. The number of para-hydroxylation sites is 1. The number of anilines is 1. The van der Waals surface area contributed by atoms with Crippen molar-refractivity contribution in [3.63, 3.8) is 0 Å². The van der Waals surface area contributed by atoms with Crippen molar-refractivity contribution in [3.8, 4) is 11.3 Å². The van der Waals surface area contributed by atoms with Gasteiger partial charge in [-0.2, -0.15) is 5.10 Å². The first kappa shape index (κ1) is 20.1. The molecule has 156 valence electrons. The van der Waals surface area contributed by atoms with E-state index < -0.39 is 24.5 Å². The minimum Gasteiger partial charge on any atom is -0.394 e. The Labute approximate surface area is 178 Å². The number of aliphatic hydroxyl groups excluding tert-OH is 1. The van der Waals surface area contributed by atoms with Crippen LogP contribution >= 0.6 is 0 Å². The third kappa shape index (κ3) is 4.71. The number of nitrogens with one attached hydrogen (secondary N) is 4. The molecule has 2 aromatic carbocycles. The maximum absolute atomic E-state index is 12.5. The van der Waals surface area contributed by atoms with E-state index >= 15 is 0 Å². The summed E-state index contributed by atoms with van der Waals surface area (Å²) >= 11 is 0. The highest BCUT2D eigenvalue weighted by Crippen LogP contribution is 2.20. The van der Waals surface area contributed by atoms with Gasteiger partial charge in [-0.15, -0.1) is 0 Å². The van der Waals surface area contributed by atoms with E-state index in [1.54, 1.807) is 18.3 Å². The normalized spacial score (nSPS) is 12.2. The zero-order valence-corrected chi connectivity index (χ0v) is 16.5. The van der Waals surface area contributed by atoms with E-state index in [0.717, 1.165) is 27.7 Å². The van der Waals surface area contributed by atoms with Crippen molar-refractivity contribution in [2.75, 3.05) is 11.9 Å². The second-order valence-electron chi connectivity index (χ2n) is 6.89. The lowest BCUT2D eigenvalue weighted by Gasteiger charge is -2.13. The number of H-pyrrole nitrogens is 2. The molecule has 0 saturated carbocycles. The summed E-state index contributed by atoms with van der Waals surface area (Å²) in [5, 5.41) is 22.6. The summed E-state index contributed by atoms with van der Waals surface area (Å²) in [7, 11) is 0. The predicted octanol–water partition coefficient (Wildman–Crippen LogP) is 2.69. The molecule has 0 radical (unpaired) electrons. The van der Waals surface area contributed by atoms with Crippen molar-refractivity contribution < 1.29 is 14.7 Å². The first-order valence-corrected chi connectivity index (χ1v) is 9.71. The molecule has 0 bridgehead atoms. The summed E-state index contributed by atoms with van der Waals surface area (Å²) in [6, 6.07) is 17.8. The number of carbonyl (C=O) groups excluding carboxylic acids is 2. The molecule has 0 aliphatic rings. The van der Waals surface area contributed by atoms with E-state index in [-0.39, 0.29) is 0 Å². The Bertz CT molecular complexity index is 1230. The fourth-order valence-corrected chi connectivity index (χ4v) is 3.18. The second kappa shape index (κ2) is 9.10. The molecule has 4 aromatic rings. The van der Waals surface area contributed by atoms with Gasteiger partial charge in [-0.05, 0) is 23.3 Å². The van der Waals surface area contributed by atoms with Gasteiger partial charge in [-0.1, -0.05) is 48.5 Å². The van der Waals surface area contributed by atoms with Crippen LogP contribution in [0.2, 0.25) is 0 Å².